The van der Waals surface area contributed by atoms with Crippen LogP contribution in [0.1, 0.15) is 116 Å². The largest absolute Gasteiger partial charge is 0.330 e. The fraction of sp³-hybridized carbons (Fsp3) is 0.657. The van der Waals surface area contributed by atoms with Gasteiger partial charge in [-0.3, -0.25) is 0 Å². The first kappa shape index (κ1) is 33.0. The van der Waals surface area contributed by atoms with Gasteiger partial charge in [0.25, 0.3) is 0 Å². The zero-order chi connectivity index (χ0) is 30.8. The van der Waals surface area contributed by atoms with E-state index in [1.807, 2.05) is 0 Å². The number of benzene rings is 2. The maximum Gasteiger partial charge on any atom is 0.205 e. The van der Waals surface area contributed by atoms with Gasteiger partial charge in [0.15, 0.2) is 0 Å². The molecule has 0 amide bonds. The second-order valence-electron chi connectivity index (χ2n) is 16.4. The molecule has 4 nitrogen and oxygen atoms in total. The molecule has 0 bridgehead atoms. The van der Waals surface area contributed by atoms with Crippen molar-refractivity contribution in [2.45, 2.75) is 119 Å². The van der Waals surface area contributed by atoms with Gasteiger partial charge >= 0.3 is 0 Å². The molecule has 41 heavy (non-hydrogen) atoms. The first-order chi connectivity index (χ1) is 18.7. The van der Waals surface area contributed by atoms with Gasteiger partial charge in [0.05, 0.1) is 31.8 Å². The molecule has 0 radical (unpaired) electrons. The first-order valence-electron chi connectivity index (χ1n) is 15.1. The van der Waals surface area contributed by atoms with E-state index in [2.05, 4.69) is 121 Å². The Bertz CT molecular complexity index is 1150. The van der Waals surface area contributed by atoms with Crippen LogP contribution in [-0.2, 0) is 39.8 Å². The quantitative estimate of drug-likeness (QED) is 0.322. The van der Waals surface area contributed by atoms with Crippen molar-refractivity contribution in [3.8, 4) is 0 Å². The van der Waals surface area contributed by atoms with E-state index in [1.165, 1.54) is 44.0 Å². The van der Waals surface area contributed by atoms with Crippen molar-refractivity contribution >= 4 is 27.4 Å². The summed E-state index contributed by atoms with van der Waals surface area (Å²) >= 11 is 0. The molecule has 228 valence electrons. The van der Waals surface area contributed by atoms with Gasteiger partial charge in [-0.05, 0) is 68.9 Å². The highest BCUT2D eigenvalue weighted by Gasteiger charge is 2.46. The molecule has 0 saturated carbocycles. The summed E-state index contributed by atoms with van der Waals surface area (Å²) in [6.45, 7) is 34.2. The van der Waals surface area contributed by atoms with Crippen LogP contribution in [-0.4, -0.2) is 26.4 Å². The standard InChI is InChI=1S/C35H54O4P2/c1-23-15-17-25(31(3,4)5)29(27(23)33(9,10)11)40-36-19-35(20-37-40)21-38-41(39-22-35)30-26(32(6,7)8)18-16-24(2)28(30)34(12,13)14/h15-18H,19-22H2,1-14H3. The molecule has 0 atom stereocenters. The molecule has 2 heterocycles. The Morgan fingerprint density at radius 2 is 0.780 bits per heavy atom. The van der Waals surface area contributed by atoms with Crippen LogP contribution in [0.5, 0.6) is 0 Å². The number of hydrogen-bond donors (Lipinski definition) is 0. The molecule has 2 fully saturated rings. The minimum atomic E-state index is -1.21. The van der Waals surface area contributed by atoms with E-state index >= 15 is 0 Å². The summed E-state index contributed by atoms with van der Waals surface area (Å²) in [6.07, 6.45) is 0. The predicted molar refractivity (Wildman–Crippen MR) is 177 cm³/mol. The van der Waals surface area contributed by atoms with Gasteiger partial charge in [-0.2, -0.15) is 0 Å². The third-order valence-electron chi connectivity index (χ3n) is 8.21. The van der Waals surface area contributed by atoms with Gasteiger partial charge in [-0.15, -0.1) is 0 Å². The molecule has 4 rings (SSSR count). The maximum absolute atomic E-state index is 6.69. The van der Waals surface area contributed by atoms with E-state index in [9.17, 15) is 0 Å². The lowest BCUT2D eigenvalue weighted by Crippen LogP contribution is -2.47. The summed E-state index contributed by atoms with van der Waals surface area (Å²) in [4.78, 5) is 0. The van der Waals surface area contributed by atoms with E-state index < -0.39 is 16.8 Å². The Morgan fingerprint density at radius 1 is 0.488 bits per heavy atom. The minimum absolute atomic E-state index is 0.0105. The number of rotatable bonds is 2. The van der Waals surface area contributed by atoms with E-state index in [4.69, 9.17) is 18.1 Å². The molecule has 6 heteroatoms. The topological polar surface area (TPSA) is 36.9 Å². The van der Waals surface area contributed by atoms with E-state index in [0.717, 1.165) is 0 Å². The highest BCUT2D eigenvalue weighted by Crippen LogP contribution is 2.55. The summed E-state index contributed by atoms with van der Waals surface area (Å²) in [5.74, 6) is 0. The van der Waals surface area contributed by atoms with E-state index in [0.29, 0.717) is 26.4 Å². The average Bonchev–Trinajstić information content (AvgIpc) is 2.81. The Kier molecular flexibility index (Phi) is 9.07. The highest BCUT2D eigenvalue weighted by molar-refractivity contribution is 7.56. The zero-order valence-corrected chi connectivity index (χ0v) is 30.0. The van der Waals surface area contributed by atoms with Gasteiger partial charge in [-0.25, -0.2) is 0 Å². The Morgan fingerprint density at radius 3 is 1.02 bits per heavy atom. The van der Waals surface area contributed by atoms with Crippen molar-refractivity contribution < 1.29 is 18.1 Å². The van der Waals surface area contributed by atoms with Gasteiger partial charge in [-0.1, -0.05) is 107 Å². The highest BCUT2D eigenvalue weighted by atomic mass is 31.2. The first-order valence-corrected chi connectivity index (χ1v) is 17.4. The van der Waals surface area contributed by atoms with Crippen molar-refractivity contribution in [2.24, 2.45) is 5.41 Å². The maximum atomic E-state index is 6.69. The van der Waals surface area contributed by atoms with E-state index in [1.54, 1.807) is 0 Å². The molecular formula is C35H54O4P2. The van der Waals surface area contributed by atoms with Crippen molar-refractivity contribution in [1.82, 2.24) is 0 Å². The molecule has 0 aliphatic carbocycles. The minimum Gasteiger partial charge on any atom is -0.330 e. The molecule has 2 aliphatic rings. The molecule has 2 aromatic rings. The number of aryl methyl sites for hydroxylation is 2. The molecule has 0 unspecified atom stereocenters. The smallest absolute Gasteiger partial charge is 0.205 e. The van der Waals surface area contributed by atoms with Crippen LogP contribution >= 0.6 is 16.8 Å². The van der Waals surface area contributed by atoms with Crippen LogP contribution in [0.3, 0.4) is 0 Å². The molecule has 0 aromatic heterocycles. The molecule has 1 spiro atoms. The van der Waals surface area contributed by atoms with E-state index in [-0.39, 0.29) is 27.1 Å². The van der Waals surface area contributed by atoms with Gasteiger partial charge < -0.3 is 18.1 Å². The SMILES string of the molecule is Cc1ccc(C(C)(C)C)c(P2OCC3(CO2)COP(c2c(C(C)(C)C)ccc(C)c2C(C)(C)C)OC3)c1C(C)(C)C. The monoisotopic (exact) mass is 600 g/mol. The summed E-state index contributed by atoms with van der Waals surface area (Å²) in [7, 11) is -2.42. The second-order valence-corrected chi connectivity index (χ2v) is 19.4. The lowest BCUT2D eigenvalue weighted by molar-refractivity contribution is -0.0500. The van der Waals surface area contributed by atoms with Crippen molar-refractivity contribution in [1.29, 1.82) is 0 Å². The predicted octanol–water partition coefficient (Wildman–Crippen LogP) is 9.15. The van der Waals surface area contributed by atoms with Crippen LogP contribution in [0.4, 0.5) is 0 Å². The Hall–Kier alpha value is -0.860. The fourth-order valence-electron chi connectivity index (χ4n) is 6.23. The van der Waals surface area contributed by atoms with Crippen molar-refractivity contribution in [2.75, 3.05) is 26.4 Å². The van der Waals surface area contributed by atoms with Crippen LogP contribution < -0.4 is 10.6 Å². The molecule has 2 aromatic carbocycles. The van der Waals surface area contributed by atoms with Crippen molar-refractivity contribution in [3.05, 3.63) is 57.6 Å². The summed E-state index contributed by atoms with van der Waals surface area (Å²) in [5, 5.41) is 2.53. The second kappa shape index (κ2) is 11.3. The lowest BCUT2D eigenvalue weighted by atomic mass is 9.78. The third-order valence-corrected chi connectivity index (χ3v) is 11.3. The molecular weight excluding hydrogens is 546 g/mol. The Labute approximate surface area is 253 Å². The zero-order valence-electron chi connectivity index (χ0n) is 28.2. The van der Waals surface area contributed by atoms with Crippen LogP contribution in [0.2, 0.25) is 0 Å². The summed E-state index contributed by atoms with van der Waals surface area (Å²) < 4.78 is 26.8. The van der Waals surface area contributed by atoms with Crippen molar-refractivity contribution in [3.63, 3.8) is 0 Å². The summed E-state index contributed by atoms with van der Waals surface area (Å²) in [5.41, 5.74) is 7.61. The summed E-state index contributed by atoms with van der Waals surface area (Å²) in [6, 6.07) is 9.08. The van der Waals surface area contributed by atoms with Crippen LogP contribution in [0.15, 0.2) is 24.3 Å². The van der Waals surface area contributed by atoms with Crippen LogP contribution in [0.25, 0.3) is 0 Å². The Balaban J connectivity index is 1.61. The average molecular weight is 601 g/mol. The fourth-order valence-corrected chi connectivity index (χ4v) is 11.1. The normalized spacial score (nSPS) is 24.6. The third kappa shape index (κ3) is 6.79. The lowest BCUT2D eigenvalue weighted by Gasteiger charge is -2.45. The molecule has 0 N–H and O–H groups in total. The van der Waals surface area contributed by atoms with Gasteiger partial charge in [0, 0.05) is 10.6 Å². The molecule has 2 saturated heterocycles. The van der Waals surface area contributed by atoms with Crippen LogP contribution in [0, 0.1) is 19.3 Å². The van der Waals surface area contributed by atoms with Gasteiger partial charge in [0.2, 0.25) is 16.8 Å². The number of hydrogen-bond acceptors (Lipinski definition) is 4. The van der Waals surface area contributed by atoms with Gasteiger partial charge in [0.1, 0.15) is 0 Å². The molecule has 2 aliphatic heterocycles.